The molecule has 0 heterocycles. The summed E-state index contributed by atoms with van der Waals surface area (Å²) < 4.78 is 46.6. The molecule has 0 aliphatic carbocycles. The second-order valence-electron chi connectivity index (χ2n) is 3.16. The smallest absolute Gasteiger partial charge is 0.417 e. The minimum atomic E-state index is -4.69. The molecular formula is C10H10BrF3O3. The Bertz CT molecular complexity index is 382. The van der Waals surface area contributed by atoms with Crippen LogP contribution in [-0.2, 0) is 0 Å². The van der Waals surface area contributed by atoms with Crippen LogP contribution in [0.1, 0.15) is 0 Å². The number of rotatable bonds is 4. The number of benzene rings is 1. The van der Waals surface area contributed by atoms with Crippen molar-refractivity contribution < 1.29 is 27.8 Å². The van der Waals surface area contributed by atoms with Gasteiger partial charge in [0.1, 0.15) is 6.61 Å². The van der Waals surface area contributed by atoms with Gasteiger partial charge in [-0.25, -0.2) is 0 Å². The first kappa shape index (κ1) is 14.1. The molecule has 17 heavy (non-hydrogen) atoms. The standard InChI is InChI=1S/C10H10BrF3O3/c1-16-8-4-6(11)2-3-7(8)17-5-9(15)10(12,13)14/h2-4,9,15H,5H2,1H3. The fourth-order valence-electron chi connectivity index (χ4n) is 1.02. The van der Waals surface area contributed by atoms with E-state index in [-0.39, 0.29) is 11.5 Å². The van der Waals surface area contributed by atoms with Crippen LogP contribution in [-0.4, -0.2) is 31.1 Å². The number of halogens is 4. The maximum Gasteiger partial charge on any atom is 0.417 e. The van der Waals surface area contributed by atoms with E-state index in [2.05, 4.69) is 15.9 Å². The first-order valence-corrected chi connectivity index (χ1v) is 5.35. The van der Waals surface area contributed by atoms with Gasteiger partial charge in [0.15, 0.2) is 17.6 Å². The number of alkyl halides is 3. The molecule has 1 N–H and O–H groups in total. The van der Waals surface area contributed by atoms with Crippen LogP contribution >= 0.6 is 15.9 Å². The number of aliphatic hydroxyl groups is 1. The fourth-order valence-corrected chi connectivity index (χ4v) is 1.36. The Hall–Kier alpha value is -0.950. The summed E-state index contributed by atoms with van der Waals surface area (Å²) in [5, 5.41) is 8.77. The molecule has 1 unspecified atom stereocenters. The molecule has 0 bridgehead atoms. The Labute approximate surface area is 104 Å². The second kappa shape index (κ2) is 5.59. The highest BCUT2D eigenvalue weighted by Gasteiger charge is 2.38. The Balaban J connectivity index is 2.69. The molecular weight excluding hydrogens is 305 g/mol. The van der Waals surface area contributed by atoms with Crippen LogP contribution in [0.25, 0.3) is 0 Å². The summed E-state index contributed by atoms with van der Waals surface area (Å²) in [6, 6.07) is 4.60. The molecule has 0 radical (unpaired) electrons. The molecule has 0 saturated heterocycles. The molecule has 96 valence electrons. The van der Waals surface area contributed by atoms with E-state index in [1.54, 1.807) is 12.1 Å². The lowest BCUT2D eigenvalue weighted by molar-refractivity contribution is -0.210. The van der Waals surface area contributed by atoms with Crippen molar-refractivity contribution in [3.63, 3.8) is 0 Å². The average Bonchev–Trinajstić information content (AvgIpc) is 2.25. The summed E-state index contributed by atoms with van der Waals surface area (Å²) in [5.41, 5.74) is 0. The monoisotopic (exact) mass is 314 g/mol. The lowest BCUT2D eigenvalue weighted by Crippen LogP contribution is -2.34. The number of ether oxygens (including phenoxy) is 2. The van der Waals surface area contributed by atoms with E-state index in [1.165, 1.54) is 13.2 Å². The summed E-state index contributed by atoms with van der Waals surface area (Å²) in [7, 11) is 1.37. The first-order valence-electron chi connectivity index (χ1n) is 4.55. The normalized spacial score (nSPS) is 13.3. The van der Waals surface area contributed by atoms with Crippen LogP contribution < -0.4 is 9.47 Å². The van der Waals surface area contributed by atoms with Crippen LogP contribution in [0, 0.1) is 0 Å². The van der Waals surface area contributed by atoms with Gasteiger partial charge in [-0.1, -0.05) is 15.9 Å². The van der Waals surface area contributed by atoms with E-state index >= 15 is 0 Å². The van der Waals surface area contributed by atoms with Crippen molar-refractivity contribution in [1.29, 1.82) is 0 Å². The molecule has 1 aromatic rings. The molecule has 0 aromatic heterocycles. The molecule has 1 rings (SSSR count). The van der Waals surface area contributed by atoms with Gasteiger partial charge < -0.3 is 14.6 Å². The highest BCUT2D eigenvalue weighted by atomic mass is 79.9. The van der Waals surface area contributed by atoms with Crippen LogP contribution in [0.4, 0.5) is 13.2 Å². The number of aliphatic hydroxyl groups excluding tert-OH is 1. The maximum absolute atomic E-state index is 12.0. The molecule has 3 nitrogen and oxygen atoms in total. The highest BCUT2D eigenvalue weighted by Crippen LogP contribution is 2.31. The summed E-state index contributed by atoms with van der Waals surface area (Å²) in [6.07, 6.45) is -7.21. The second-order valence-corrected chi connectivity index (χ2v) is 4.08. The van der Waals surface area contributed by atoms with Gasteiger partial charge in [-0.05, 0) is 18.2 Å². The summed E-state index contributed by atoms with van der Waals surface area (Å²) in [6.45, 7) is -0.874. The number of methoxy groups -OCH3 is 1. The Morgan fingerprint density at radius 3 is 2.53 bits per heavy atom. The van der Waals surface area contributed by atoms with Gasteiger partial charge in [0.05, 0.1) is 7.11 Å². The van der Waals surface area contributed by atoms with Gasteiger partial charge in [0.25, 0.3) is 0 Å². The molecule has 0 aliphatic heterocycles. The Morgan fingerprint density at radius 1 is 1.35 bits per heavy atom. The van der Waals surface area contributed by atoms with E-state index in [4.69, 9.17) is 14.6 Å². The highest BCUT2D eigenvalue weighted by molar-refractivity contribution is 9.10. The SMILES string of the molecule is COc1cc(Br)ccc1OCC(O)C(F)(F)F. The van der Waals surface area contributed by atoms with Crippen molar-refractivity contribution in [1.82, 2.24) is 0 Å². The third-order valence-electron chi connectivity index (χ3n) is 1.90. The van der Waals surface area contributed by atoms with Crippen LogP contribution in [0.15, 0.2) is 22.7 Å². The lowest BCUT2D eigenvalue weighted by atomic mass is 10.3. The molecule has 1 atom stereocenters. The van der Waals surface area contributed by atoms with Crippen molar-refractivity contribution in [3.05, 3.63) is 22.7 Å². The summed E-state index contributed by atoms with van der Waals surface area (Å²) in [5.74, 6) is 0.424. The van der Waals surface area contributed by atoms with Crippen molar-refractivity contribution in [3.8, 4) is 11.5 Å². The van der Waals surface area contributed by atoms with E-state index < -0.39 is 18.9 Å². The zero-order valence-corrected chi connectivity index (χ0v) is 10.4. The predicted molar refractivity (Wildman–Crippen MR) is 58.3 cm³/mol. The van der Waals surface area contributed by atoms with Gasteiger partial charge >= 0.3 is 6.18 Å². The maximum atomic E-state index is 12.0. The van der Waals surface area contributed by atoms with E-state index in [1.807, 2.05) is 0 Å². The number of hydrogen-bond donors (Lipinski definition) is 1. The topological polar surface area (TPSA) is 38.7 Å². The van der Waals surface area contributed by atoms with Gasteiger partial charge in [0, 0.05) is 4.47 Å². The summed E-state index contributed by atoms with van der Waals surface area (Å²) >= 11 is 3.18. The van der Waals surface area contributed by atoms with Crippen LogP contribution in [0.5, 0.6) is 11.5 Å². The molecule has 0 spiro atoms. The lowest BCUT2D eigenvalue weighted by Gasteiger charge is -2.16. The van der Waals surface area contributed by atoms with Crippen LogP contribution in [0.2, 0.25) is 0 Å². The molecule has 0 amide bonds. The molecule has 0 fully saturated rings. The molecule has 1 aromatic carbocycles. The largest absolute Gasteiger partial charge is 0.493 e. The van der Waals surface area contributed by atoms with Crippen molar-refractivity contribution >= 4 is 15.9 Å². The predicted octanol–water partition coefficient (Wildman–Crippen LogP) is 2.76. The van der Waals surface area contributed by atoms with E-state index in [0.717, 1.165) is 0 Å². The van der Waals surface area contributed by atoms with Gasteiger partial charge in [-0.15, -0.1) is 0 Å². The van der Waals surface area contributed by atoms with Crippen molar-refractivity contribution in [2.75, 3.05) is 13.7 Å². The van der Waals surface area contributed by atoms with E-state index in [9.17, 15) is 13.2 Å². The zero-order valence-electron chi connectivity index (χ0n) is 8.79. The molecule has 7 heteroatoms. The van der Waals surface area contributed by atoms with Gasteiger partial charge in [-0.2, -0.15) is 13.2 Å². The average molecular weight is 315 g/mol. The Kier molecular flexibility index (Phi) is 4.64. The Morgan fingerprint density at radius 2 is 2.00 bits per heavy atom. The fraction of sp³-hybridized carbons (Fsp3) is 0.400. The summed E-state index contributed by atoms with van der Waals surface area (Å²) in [4.78, 5) is 0. The van der Waals surface area contributed by atoms with Crippen molar-refractivity contribution in [2.24, 2.45) is 0 Å². The minimum absolute atomic E-state index is 0.138. The first-order chi connectivity index (χ1) is 7.84. The quantitative estimate of drug-likeness (QED) is 0.928. The third kappa shape index (κ3) is 4.08. The van der Waals surface area contributed by atoms with Crippen LogP contribution in [0.3, 0.4) is 0 Å². The third-order valence-corrected chi connectivity index (χ3v) is 2.39. The van der Waals surface area contributed by atoms with Crippen molar-refractivity contribution in [2.45, 2.75) is 12.3 Å². The number of hydrogen-bond acceptors (Lipinski definition) is 3. The van der Waals surface area contributed by atoms with Gasteiger partial charge in [0.2, 0.25) is 0 Å². The zero-order chi connectivity index (χ0) is 13.1. The molecule has 0 saturated carbocycles. The minimum Gasteiger partial charge on any atom is -0.493 e. The van der Waals surface area contributed by atoms with Gasteiger partial charge in [-0.3, -0.25) is 0 Å². The van der Waals surface area contributed by atoms with E-state index in [0.29, 0.717) is 4.47 Å². The molecule has 0 aliphatic rings.